The molecule has 0 radical (unpaired) electrons. The number of benzene rings is 3. The SMILES string of the molecule is CCc1cccc(CNCCCCc2cc(F)cc(OCCCCN(C)Cc3cc(C)cc(C(N)=O)c3)c2)c1. The van der Waals surface area contributed by atoms with Crippen LogP contribution in [0, 0.1) is 12.7 Å². The summed E-state index contributed by atoms with van der Waals surface area (Å²) in [5.41, 5.74) is 11.8. The van der Waals surface area contributed by atoms with Crippen molar-refractivity contribution in [1.29, 1.82) is 0 Å². The smallest absolute Gasteiger partial charge is 0.248 e. The average molecular weight is 534 g/mol. The molecule has 3 N–H and O–H groups in total. The van der Waals surface area contributed by atoms with E-state index in [0.29, 0.717) is 17.9 Å². The Morgan fingerprint density at radius 1 is 0.949 bits per heavy atom. The Balaban J connectivity index is 1.32. The molecule has 0 atom stereocenters. The van der Waals surface area contributed by atoms with Crippen molar-refractivity contribution in [3.8, 4) is 5.75 Å². The lowest BCUT2D eigenvalue weighted by Crippen LogP contribution is -2.20. The fourth-order valence-electron chi connectivity index (χ4n) is 4.78. The molecule has 3 rings (SSSR count). The first-order chi connectivity index (χ1) is 18.8. The van der Waals surface area contributed by atoms with Crippen LogP contribution in [0.5, 0.6) is 5.75 Å². The van der Waals surface area contributed by atoms with Gasteiger partial charge in [0.2, 0.25) is 5.91 Å². The number of nitrogens with zero attached hydrogens (tertiary/aromatic N) is 1. The van der Waals surface area contributed by atoms with Crippen LogP contribution >= 0.6 is 0 Å². The Kier molecular flexibility index (Phi) is 12.5. The average Bonchev–Trinajstić information content (AvgIpc) is 2.90. The molecule has 0 spiro atoms. The largest absolute Gasteiger partial charge is 0.493 e. The Bertz CT molecular complexity index is 1200. The summed E-state index contributed by atoms with van der Waals surface area (Å²) >= 11 is 0. The molecule has 0 bridgehead atoms. The summed E-state index contributed by atoms with van der Waals surface area (Å²) < 4.78 is 20.0. The van der Waals surface area contributed by atoms with Crippen LogP contribution in [-0.4, -0.2) is 37.6 Å². The normalized spacial score (nSPS) is 11.2. The highest BCUT2D eigenvalue weighted by atomic mass is 19.1. The molecule has 0 saturated carbocycles. The van der Waals surface area contributed by atoms with Crippen LogP contribution in [0.25, 0.3) is 0 Å². The first-order valence-electron chi connectivity index (χ1n) is 14.1. The molecule has 0 saturated heterocycles. The molecule has 0 aliphatic heterocycles. The number of amides is 1. The molecule has 1 amide bonds. The molecule has 5 nitrogen and oxygen atoms in total. The number of ether oxygens (including phenoxy) is 1. The van der Waals surface area contributed by atoms with Crippen molar-refractivity contribution in [2.75, 3.05) is 26.7 Å². The highest BCUT2D eigenvalue weighted by Crippen LogP contribution is 2.19. The van der Waals surface area contributed by atoms with E-state index < -0.39 is 5.91 Å². The number of hydrogen-bond acceptors (Lipinski definition) is 4. The molecule has 0 fully saturated rings. The van der Waals surface area contributed by atoms with Crippen LogP contribution in [0.15, 0.2) is 60.7 Å². The van der Waals surface area contributed by atoms with Gasteiger partial charge in [0.25, 0.3) is 0 Å². The lowest BCUT2D eigenvalue weighted by Gasteiger charge is -2.17. The second-order valence-corrected chi connectivity index (χ2v) is 10.5. The van der Waals surface area contributed by atoms with Gasteiger partial charge < -0.3 is 20.7 Å². The van der Waals surface area contributed by atoms with E-state index in [1.165, 1.54) is 17.2 Å². The van der Waals surface area contributed by atoms with Crippen molar-refractivity contribution in [3.05, 3.63) is 99.9 Å². The van der Waals surface area contributed by atoms with Crippen molar-refractivity contribution >= 4 is 5.91 Å². The van der Waals surface area contributed by atoms with Gasteiger partial charge in [0.1, 0.15) is 11.6 Å². The molecule has 0 aromatic heterocycles. The summed E-state index contributed by atoms with van der Waals surface area (Å²) in [6.45, 7) is 8.16. The summed E-state index contributed by atoms with van der Waals surface area (Å²) in [7, 11) is 2.06. The zero-order valence-electron chi connectivity index (χ0n) is 23.8. The van der Waals surface area contributed by atoms with Gasteiger partial charge in [-0.05, 0) is 112 Å². The maximum Gasteiger partial charge on any atom is 0.248 e. The highest BCUT2D eigenvalue weighted by molar-refractivity contribution is 5.93. The Morgan fingerprint density at radius 3 is 2.56 bits per heavy atom. The van der Waals surface area contributed by atoms with Crippen molar-refractivity contribution in [3.63, 3.8) is 0 Å². The minimum atomic E-state index is -0.401. The molecule has 0 aliphatic carbocycles. The van der Waals surface area contributed by atoms with Crippen molar-refractivity contribution < 1.29 is 13.9 Å². The zero-order chi connectivity index (χ0) is 28.0. The number of nitrogens with two attached hydrogens (primary N) is 1. The summed E-state index contributed by atoms with van der Waals surface area (Å²) in [6, 6.07) is 19.5. The third-order valence-corrected chi connectivity index (χ3v) is 6.81. The highest BCUT2D eigenvalue weighted by Gasteiger charge is 2.07. The molecular weight excluding hydrogens is 489 g/mol. The summed E-state index contributed by atoms with van der Waals surface area (Å²) in [6.07, 6.45) is 5.77. The van der Waals surface area contributed by atoms with E-state index in [1.807, 2.05) is 25.1 Å². The standard InChI is InChI=1S/C33H44FN3O2/c1-4-26-11-9-12-28(18-26)23-36-13-6-5-10-27-20-31(34)22-32(21-27)39-15-8-7-14-37(3)24-29-16-25(2)17-30(19-29)33(35)38/h9,11-12,16-22,36H,4-8,10,13-15,23-24H2,1-3H3,(H2,35,38). The minimum Gasteiger partial charge on any atom is -0.493 e. The zero-order valence-corrected chi connectivity index (χ0v) is 23.8. The van der Waals surface area contributed by atoms with Crippen LogP contribution in [-0.2, 0) is 25.9 Å². The summed E-state index contributed by atoms with van der Waals surface area (Å²) in [5.74, 6) is -0.0443. The fraction of sp³-hybridized carbons (Fsp3) is 0.424. The molecule has 0 heterocycles. The number of carbonyl (C=O) groups excluding carboxylic acids is 1. The second-order valence-electron chi connectivity index (χ2n) is 10.5. The van der Waals surface area contributed by atoms with Crippen LogP contribution in [0.4, 0.5) is 4.39 Å². The van der Waals surface area contributed by atoms with Gasteiger partial charge in [0.05, 0.1) is 6.61 Å². The van der Waals surface area contributed by atoms with Gasteiger partial charge in [-0.25, -0.2) is 4.39 Å². The van der Waals surface area contributed by atoms with Crippen LogP contribution in [0.2, 0.25) is 0 Å². The van der Waals surface area contributed by atoms with Gasteiger partial charge in [-0.15, -0.1) is 0 Å². The number of aryl methyl sites for hydroxylation is 3. The number of primary amides is 1. The van der Waals surface area contributed by atoms with Crippen molar-refractivity contribution in [1.82, 2.24) is 10.2 Å². The van der Waals surface area contributed by atoms with Gasteiger partial charge in [-0.3, -0.25) is 4.79 Å². The lowest BCUT2D eigenvalue weighted by atomic mass is 10.1. The van der Waals surface area contributed by atoms with E-state index in [-0.39, 0.29) is 5.82 Å². The predicted octanol–water partition coefficient (Wildman–Crippen LogP) is 6.20. The molecular formula is C33H44FN3O2. The third-order valence-electron chi connectivity index (χ3n) is 6.81. The molecule has 6 heteroatoms. The topological polar surface area (TPSA) is 67.6 Å². The maximum atomic E-state index is 14.2. The fourth-order valence-corrected chi connectivity index (χ4v) is 4.78. The maximum absolute atomic E-state index is 14.2. The second kappa shape index (κ2) is 16.0. The molecule has 39 heavy (non-hydrogen) atoms. The van der Waals surface area contributed by atoms with E-state index in [4.69, 9.17) is 10.5 Å². The van der Waals surface area contributed by atoms with Gasteiger partial charge >= 0.3 is 0 Å². The van der Waals surface area contributed by atoms with Gasteiger partial charge in [0.15, 0.2) is 0 Å². The van der Waals surface area contributed by atoms with Gasteiger partial charge in [-0.2, -0.15) is 0 Å². The predicted molar refractivity (Wildman–Crippen MR) is 158 cm³/mol. The number of halogens is 1. The summed E-state index contributed by atoms with van der Waals surface area (Å²) in [4.78, 5) is 13.7. The van der Waals surface area contributed by atoms with Gasteiger partial charge in [0, 0.05) is 24.7 Å². The Labute approximate surface area is 233 Å². The number of unbranched alkanes of at least 4 members (excludes halogenated alkanes) is 2. The van der Waals surface area contributed by atoms with E-state index in [9.17, 15) is 9.18 Å². The summed E-state index contributed by atoms with van der Waals surface area (Å²) in [5, 5.41) is 3.51. The minimum absolute atomic E-state index is 0.246. The van der Waals surface area contributed by atoms with E-state index in [2.05, 4.69) is 54.5 Å². The first kappa shape index (κ1) is 30.3. The quantitative estimate of drug-likeness (QED) is 0.203. The molecule has 3 aromatic rings. The van der Waals surface area contributed by atoms with E-state index in [0.717, 1.165) is 81.4 Å². The lowest BCUT2D eigenvalue weighted by molar-refractivity contribution is 0.1000. The van der Waals surface area contributed by atoms with Crippen molar-refractivity contribution in [2.45, 2.75) is 65.5 Å². The molecule has 0 unspecified atom stereocenters. The number of carbonyl (C=O) groups is 1. The third kappa shape index (κ3) is 11.2. The monoisotopic (exact) mass is 533 g/mol. The Morgan fingerprint density at radius 2 is 1.77 bits per heavy atom. The number of rotatable bonds is 17. The van der Waals surface area contributed by atoms with Crippen LogP contribution in [0.3, 0.4) is 0 Å². The molecule has 0 aliphatic rings. The van der Waals surface area contributed by atoms with Crippen molar-refractivity contribution in [2.24, 2.45) is 5.73 Å². The molecule has 210 valence electrons. The molecule has 3 aromatic carbocycles. The van der Waals surface area contributed by atoms with E-state index in [1.54, 1.807) is 6.07 Å². The van der Waals surface area contributed by atoms with Gasteiger partial charge in [-0.1, -0.05) is 42.8 Å². The van der Waals surface area contributed by atoms with E-state index >= 15 is 0 Å². The van der Waals surface area contributed by atoms with Crippen LogP contribution in [0.1, 0.15) is 70.8 Å². The Hall–Kier alpha value is -3.22. The number of nitrogens with one attached hydrogen (secondary N) is 1. The number of hydrogen-bond donors (Lipinski definition) is 2. The van der Waals surface area contributed by atoms with Crippen LogP contribution < -0.4 is 15.8 Å². The first-order valence-corrected chi connectivity index (χ1v) is 14.1.